The Morgan fingerprint density at radius 1 is 1.50 bits per heavy atom. The average molecular weight is 229 g/mol. The highest BCUT2D eigenvalue weighted by Crippen LogP contribution is 2.28. The van der Waals surface area contributed by atoms with Gasteiger partial charge in [0.25, 0.3) is 0 Å². The lowest BCUT2D eigenvalue weighted by Gasteiger charge is -2.25. The van der Waals surface area contributed by atoms with Crippen LogP contribution >= 0.6 is 0 Å². The summed E-state index contributed by atoms with van der Waals surface area (Å²) in [5, 5.41) is 21.3. The quantitative estimate of drug-likeness (QED) is 0.579. The molecule has 1 saturated carbocycles. The van der Waals surface area contributed by atoms with Crippen molar-refractivity contribution in [3.63, 3.8) is 0 Å². The van der Waals surface area contributed by atoms with Gasteiger partial charge in [0.15, 0.2) is 0 Å². The summed E-state index contributed by atoms with van der Waals surface area (Å²) >= 11 is 0. The van der Waals surface area contributed by atoms with E-state index in [2.05, 4.69) is 5.32 Å². The minimum atomic E-state index is -1.53. The molecule has 0 aromatic heterocycles. The Hall–Kier alpha value is -1.10. The standard InChI is InChI=1S/C11H19NO4/c1-3-8(13)6-11(2,10(15)16)9(14)12-7-4-5-7/h7-8,13H,3-6H2,1-2H3,(H,12,14)(H,15,16). The summed E-state index contributed by atoms with van der Waals surface area (Å²) in [5.41, 5.74) is -1.53. The molecule has 1 aliphatic carbocycles. The Balaban J connectivity index is 2.69. The first-order chi connectivity index (χ1) is 7.40. The van der Waals surface area contributed by atoms with Gasteiger partial charge >= 0.3 is 5.97 Å². The molecule has 5 nitrogen and oxygen atoms in total. The fourth-order valence-electron chi connectivity index (χ4n) is 1.47. The van der Waals surface area contributed by atoms with Gasteiger partial charge in [-0.25, -0.2) is 0 Å². The van der Waals surface area contributed by atoms with Crippen LogP contribution in [0.5, 0.6) is 0 Å². The first kappa shape index (κ1) is 13.0. The van der Waals surface area contributed by atoms with E-state index in [1.807, 2.05) is 0 Å². The van der Waals surface area contributed by atoms with Crippen LogP contribution in [-0.4, -0.2) is 34.2 Å². The van der Waals surface area contributed by atoms with Crippen LogP contribution < -0.4 is 5.32 Å². The number of carboxylic acids is 1. The highest BCUT2D eigenvalue weighted by molar-refractivity contribution is 6.01. The number of nitrogens with one attached hydrogen (secondary N) is 1. The number of rotatable bonds is 6. The van der Waals surface area contributed by atoms with Crippen molar-refractivity contribution in [2.24, 2.45) is 5.41 Å². The molecule has 3 N–H and O–H groups in total. The predicted molar refractivity (Wildman–Crippen MR) is 57.8 cm³/mol. The van der Waals surface area contributed by atoms with E-state index in [1.54, 1.807) is 6.92 Å². The number of hydrogen-bond acceptors (Lipinski definition) is 3. The van der Waals surface area contributed by atoms with Gasteiger partial charge < -0.3 is 15.5 Å². The molecule has 1 aliphatic rings. The monoisotopic (exact) mass is 229 g/mol. The van der Waals surface area contributed by atoms with Crippen molar-refractivity contribution >= 4 is 11.9 Å². The summed E-state index contributed by atoms with van der Waals surface area (Å²) in [7, 11) is 0. The predicted octanol–water partition coefficient (Wildman–Crippen LogP) is 0.517. The van der Waals surface area contributed by atoms with Crippen LogP contribution in [0.4, 0.5) is 0 Å². The van der Waals surface area contributed by atoms with Crippen LogP contribution in [0.1, 0.15) is 39.5 Å². The fraction of sp³-hybridized carbons (Fsp3) is 0.818. The SMILES string of the molecule is CCC(O)CC(C)(C(=O)O)C(=O)NC1CC1. The zero-order chi connectivity index (χ0) is 12.3. The average Bonchev–Trinajstić information content (AvgIpc) is 3.00. The maximum Gasteiger partial charge on any atom is 0.319 e. The Morgan fingerprint density at radius 3 is 2.44 bits per heavy atom. The highest BCUT2D eigenvalue weighted by atomic mass is 16.4. The number of aliphatic hydroxyl groups excluding tert-OH is 1. The molecule has 92 valence electrons. The van der Waals surface area contributed by atoms with Gasteiger partial charge in [-0.1, -0.05) is 6.92 Å². The Labute approximate surface area is 94.8 Å². The zero-order valence-electron chi connectivity index (χ0n) is 9.69. The van der Waals surface area contributed by atoms with Gasteiger partial charge in [-0.2, -0.15) is 0 Å². The third-order valence-electron chi connectivity index (χ3n) is 3.00. The van der Waals surface area contributed by atoms with Crippen molar-refractivity contribution in [2.45, 2.75) is 51.7 Å². The zero-order valence-corrected chi connectivity index (χ0v) is 9.69. The molecule has 2 atom stereocenters. The van der Waals surface area contributed by atoms with E-state index in [0.717, 1.165) is 12.8 Å². The van der Waals surface area contributed by atoms with Crippen LogP contribution in [0.2, 0.25) is 0 Å². The molecule has 1 fully saturated rings. The molecular formula is C11H19NO4. The molecule has 2 unspecified atom stereocenters. The van der Waals surface area contributed by atoms with Crippen LogP contribution in [-0.2, 0) is 9.59 Å². The number of carbonyl (C=O) groups is 2. The van der Waals surface area contributed by atoms with Crippen LogP contribution in [0.15, 0.2) is 0 Å². The first-order valence-corrected chi connectivity index (χ1v) is 5.62. The Morgan fingerprint density at radius 2 is 2.06 bits per heavy atom. The molecule has 5 heteroatoms. The van der Waals surface area contributed by atoms with Crippen molar-refractivity contribution in [3.05, 3.63) is 0 Å². The summed E-state index contributed by atoms with van der Waals surface area (Å²) in [5.74, 6) is -1.67. The lowest BCUT2D eigenvalue weighted by atomic mass is 9.82. The van der Waals surface area contributed by atoms with Crippen molar-refractivity contribution in [1.82, 2.24) is 5.32 Å². The number of aliphatic carboxylic acids is 1. The van der Waals surface area contributed by atoms with E-state index < -0.39 is 23.4 Å². The topological polar surface area (TPSA) is 86.6 Å². The van der Waals surface area contributed by atoms with Crippen LogP contribution in [0.3, 0.4) is 0 Å². The summed E-state index contributed by atoms with van der Waals surface area (Å²) < 4.78 is 0. The largest absolute Gasteiger partial charge is 0.480 e. The smallest absolute Gasteiger partial charge is 0.319 e. The van der Waals surface area contributed by atoms with Crippen LogP contribution in [0, 0.1) is 5.41 Å². The number of carbonyl (C=O) groups excluding carboxylic acids is 1. The van der Waals surface area contributed by atoms with Gasteiger partial charge in [-0.3, -0.25) is 9.59 Å². The normalized spacial score (nSPS) is 20.9. The molecule has 0 spiro atoms. The van der Waals surface area contributed by atoms with Crippen molar-refractivity contribution in [3.8, 4) is 0 Å². The third kappa shape index (κ3) is 2.95. The van der Waals surface area contributed by atoms with E-state index in [9.17, 15) is 14.7 Å². The molecule has 1 amide bonds. The molecule has 0 bridgehead atoms. The summed E-state index contributed by atoms with van der Waals surface area (Å²) in [6.07, 6.45) is 1.47. The molecule has 1 rings (SSSR count). The molecule has 0 aromatic rings. The third-order valence-corrected chi connectivity index (χ3v) is 3.00. The van der Waals surface area contributed by atoms with Gasteiger partial charge in [0.1, 0.15) is 5.41 Å². The minimum absolute atomic E-state index is 0.0443. The van der Waals surface area contributed by atoms with Gasteiger partial charge in [0.2, 0.25) is 5.91 Å². The van der Waals surface area contributed by atoms with E-state index in [-0.39, 0.29) is 12.5 Å². The summed E-state index contributed by atoms with van der Waals surface area (Å²) in [6, 6.07) is 0.130. The van der Waals surface area contributed by atoms with Crippen molar-refractivity contribution in [1.29, 1.82) is 0 Å². The van der Waals surface area contributed by atoms with Gasteiger partial charge in [-0.05, 0) is 32.6 Å². The van der Waals surface area contributed by atoms with Gasteiger partial charge in [0, 0.05) is 6.04 Å². The second kappa shape index (κ2) is 4.82. The summed E-state index contributed by atoms with van der Waals surface area (Å²) in [6.45, 7) is 3.12. The first-order valence-electron chi connectivity index (χ1n) is 5.62. The van der Waals surface area contributed by atoms with E-state index in [0.29, 0.717) is 6.42 Å². The van der Waals surface area contributed by atoms with Gasteiger partial charge in [-0.15, -0.1) is 0 Å². The lowest BCUT2D eigenvalue weighted by molar-refractivity contribution is -0.157. The molecule has 0 radical (unpaired) electrons. The van der Waals surface area contributed by atoms with E-state index >= 15 is 0 Å². The Bertz CT molecular complexity index is 288. The number of carboxylic acid groups (broad SMARTS) is 1. The Kier molecular flexibility index (Phi) is 3.91. The number of amides is 1. The van der Waals surface area contributed by atoms with Crippen molar-refractivity contribution in [2.75, 3.05) is 0 Å². The molecule has 0 aromatic carbocycles. The number of aliphatic hydroxyl groups is 1. The molecule has 0 saturated heterocycles. The number of hydrogen-bond donors (Lipinski definition) is 3. The maximum atomic E-state index is 11.8. The molecule has 0 heterocycles. The molecular weight excluding hydrogens is 210 g/mol. The summed E-state index contributed by atoms with van der Waals surface area (Å²) in [4.78, 5) is 22.9. The highest BCUT2D eigenvalue weighted by Gasteiger charge is 2.44. The van der Waals surface area contributed by atoms with Crippen molar-refractivity contribution < 1.29 is 19.8 Å². The molecule has 16 heavy (non-hydrogen) atoms. The van der Waals surface area contributed by atoms with E-state index in [4.69, 9.17) is 5.11 Å². The minimum Gasteiger partial charge on any atom is -0.480 e. The fourth-order valence-corrected chi connectivity index (χ4v) is 1.47. The maximum absolute atomic E-state index is 11.8. The van der Waals surface area contributed by atoms with Crippen LogP contribution in [0.25, 0.3) is 0 Å². The molecule has 0 aliphatic heterocycles. The van der Waals surface area contributed by atoms with E-state index in [1.165, 1.54) is 6.92 Å². The second-order valence-corrected chi connectivity index (χ2v) is 4.65. The van der Waals surface area contributed by atoms with Gasteiger partial charge in [0.05, 0.1) is 6.10 Å². The lowest BCUT2D eigenvalue weighted by Crippen LogP contribution is -2.47. The second-order valence-electron chi connectivity index (χ2n) is 4.65.